The van der Waals surface area contributed by atoms with Crippen molar-refractivity contribution in [2.45, 2.75) is 19.9 Å². The molecule has 2 aromatic rings. The standard InChI is InChI=1S/C16H17Br2N/c1-3-19-16(12-6-8-14(17)9-7-12)13-5-4-11(2)15(18)10-13/h4-10,16,19H,3H2,1-2H3. The number of rotatable bonds is 4. The largest absolute Gasteiger partial charge is 0.307 e. The number of aryl methyl sites for hydroxylation is 1. The van der Waals surface area contributed by atoms with E-state index < -0.39 is 0 Å². The fraction of sp³-hybridized carbons (Fsp3) is 0.250. The quantitative estimate of drug-likeness (QED) is 0.764. The van der Waals surface area contributed by atoms with Gasteiger partial charge in [0.05, 0.1) is 6.04 Å². The molecule has 19 heavy (non-hydrogen) atoms. The van der Waals surface area contributed by atoms with Gasteiger partial charge in [-0.2, -0.15) is 0 Å². The monoisotopic (exact) mass is 381 g/mol. The van der Waals surface area contributed by atoms with Crippen molar-refractivity contribution in [2.75, 3.05) is 6.54 Å². The zero-order valence-corrected chi connectivity index (χ0v) is 14.3. The Bertz CT molecular complexity index is 549. The average molecular weight is 383 g/mol. The zero-order chi connectivity index (χ0) is 13.8. The highest BCUT2D eigenvalue weighted by atomic mass is 79.9. The first-order chi connectivity index (χ1) is 9.11. The molecule has 0 amide bonds. The average Bonchev–Trinajstić information content (AvgIpc) is 2.41. The van der Waals surface area contributed by atoms with Crippen molar-refractivity contribution in [3.05, 3.63) is 68.1 Å². The van der Waals surface area contributed by atoms with Gasteiger partial charge in [-0.05, 0) is 48.4 Å². The van der Waals surface area contributed by atoms with E-state index >= 15 is 0 Å². The summed E-state index contributed by atoms with van der Waals surface area (Å²) in [6, 6.07) is 15.3. The van der Waals surface area contributed by atoms with Gasteiger partial charge < -0.3 is 5.32 Å². The van der Waals surface area contributed by atoms with E-state index in [0.29, 0.717) is 0 Å². The molecule has 2 rings (SSSR count). The van der Waals surface area contributed by atoms with E-state index in [1.807, 2.05) is 0 Å². The predicted octanol–water partition coefficient (Wildman–Crippen LogP) is 5.22. The highest BCUT2D eigenvalue weighted by Gasteiger charge is 2.13. The maximum absolute atomic E-state index is 3.61. The van der Waals surface area contributed by atoms with Crippen LogP contribution in [0, 0.1) is 6.92 Å². The van der Waals surface area contributed by atoms with Crippen LogP contribution in [0.1, 0.15) is 29.7 Å². The van der Waals surface area contributed by atoms with Crippen molar-refractivity contribution in [3.63, 3.8) is 0 Å². The third-order valence-electron chi connectivity index (χ3n) is 3.14. The number of hydrogen-bond acceptors (Lipinski definition) is 1. The fourth-order valence-corrected chi connectivity index (χ4v) is 2.74. The van der Waals surface area contributed by atoms with Crippen LogP contribution in [-0.2, 0) is 0 Å². The molecule has 3 heteroatoms. The second kappa shape index (κ2) is 6.69. The minimum absolute atomic E-state index is 0.231. The molecule has 0 saturated carbocycles. The maximum atomic E-state index is 3.61. The summed E-state index contributed by atoms with van der Waals surface area (Å²) in [5, 5.41) is 3.55. The van der Waals surface area contributed by atoms with Gasteiger partial charge in [-0.25, -0.2) is 0 Å². The summed E-state index contributed by atoms with van der Waals surface area (Å²) in [6.07, 6.45) is 0. The lowest BCUT2D eigenvalue weighted by molar-refractivity contribution is 0.630. The Balaban J connectivity index is 2.38. The van der Waals surface area contributed by atoms with Gasteiger partial charge in [0.25, 0.3) is 0 Å². The van der Waals surface area contributed by atoms with Crippen molar-refractivity contribution in [1.82, 2.24) is 5.32 Å². The molecule has 0 saturated heterocycles. The third-order valence-corrected chi connectivity index (χ3v) is 4.52. The van der Waals surface area contributed by atoms with E-state index in [1.165, 1.54) is 16.7 Å². The molecule has 0 fully saturated rings. The summed E-state index contributed by atoms with van der Waals surface area (Å²) in [7, 11) is 0. The minimum atomic E-state index is 0.231. The van der Waals surface area contributed by atoms with E-state index in [4.69, 9.17) is 0 Å². The topological polar surface area (TPSA) is 12.0 Å². The molecule has 0 aliphatic carbocycles. The van der Waals surface area contributed by atoms with Crippen LogP contribution in [0.4, 0.5) is 0 Å². The van der Waals surface area contributed by atoms with Crippen molar-refractivity contribution in [1.29, 1.82) is 0 Å². The van der Waals surface area contributed by atoms with E-state index in [9.17, 15) is 0 Å². The molecule has 0 aliphatic rings. The first-order valence-electron chi connectivity index (χ1n) is 6.36. The predicted molar refractivity (Wildman–Crippen MR) is 88.5 cm³/mol. The normalized spacial score (nSPS) is 12.4. The Morgan fingerprint density at radius 3 is 2.21 bits per heavy atom. The molecule has 0 radical (unpaired) electrons. The first kappa shape index (κ1) is 14.8. The van der Waals surface area contributed by atoms with Gasteiger partial charge >= 0.3 is 0 Å². The summed E-state index contributed by atoms with van der Waals surface area (Å²) in [4.78, 5) is 0. The lowest BCUT2D eigenvalue weighted by atomic mass is 9.98. The van der Waals surface area contributed by atoms with Gasteiger partial charge in [0, 0.05) is 8.95 Å². The smallest absolute Gasteiger partial charge is 0.0577 e. The van der Waals surface area contributed by atoms with Crippen molar-refractivity contribution >= 4 is 31.9 Å². The Morgan fingerprint density at radius 1 is 1.00 bits per heavy atom. The van der Waals surface area contributed by atoms with Gasteiger partial charge in [0.1, 0.15) is 0 Å². The van der Waals surface area contributed by atoms with Crippen LogP contribution in [0.5, 0.6) is 0 Å². The van der Waals surface area contributed by atoms with Gasteiger partial charge in [0.2, 0.25) is 0 Å². The lowest BCUT2D eigenvalue weighted by Crippen LogP contribution is -2.22. The van der Waals surface area contributed by atoms with Crippen molar-refractivity contribution < 1.29 is 0 Å². The molecule has 2 aromatic carbocycles. The molecule has 1 unspecified atom stereocenters. The van der Waals surface area contributed by atoms with Gasteiger partial charge in [-0.15, -0.1) is 0 Å². The van der Waals surface area contributed by atoms with Crippen LogP contribution >= 0.6 is 31.9 Å². The molecule has 0 aliphatic heterocycles. The first-order valence-corrected chi connectivity index (χ1v) is 7.95. The van der Waals surface area contributed by atoms with Crippen LogP contribution in [-0.4, -0.2) is 6.54 Å². The highest BCUT2D eigenvalue weighted by molar-refractivity contribution is 9.10. The maximum Gasteiger partial charge on any atom is 0.0577 e. The Hall–Kier alpha value is -0.640. The minimum Gasteiger partial charge on any atom is -0.307 e. The Kier molecular flexibility index (Phi) is 5.20. The molecule has 0 spiro atoms. The van der Waals surface area contributed by atoms with Crippen molar-refractivity contribution in [3.8, 4) is 0 Å². The fourth-order valence-electron chi connectivity index (χ4n) is 2.08. The molecule has 1 atom stereocenters. The number of halogens is 2. The Labute approximate surface area is 131 Å². The highest BCUT2D eigenvalue weighted by Crippen LogP contribution is 2.27. The van der Waals surface area contributed by atoms with Gasteiger partial charge in [-0.3, -0.25) is 0 Å². The molecule has 0 bridgehead atoms. The molecule has 1 N–H and O–H groups in total. The van der Waals surface area contributed by atoms with E-state index in [1.54, 1.807) is 0 Å². The second-order valence-corrected chi connectivity index (χ2v) is 6.32. The molecule has 1 nitrogen and oxygen atoms in total. The summed E-state index contributed by atoms with van der Waals surface area (Å²) in [5.41, 5.74) is 3.82. The number of hydrogen-bond donors (Lipinski definition) is 1. The van der Waals surface area contributed by atoms with E-state index in [-0.39, 0.29) is 6.04 Å². The van der Waals surface area contributed by atoms with Gasteiger partial charge in [0.15, 0.2) is 0 Å². The Morgan fingerprint density at radius 2 is 1.63 bits per heavy atom. The molecule has 100 valence electrons. The van der Waals surface area contributed by atoms with E-state index in [0.717, 1.165) is 15.5 Å². The molecular weight excluding hydrogens is 366 g/mol. The van der Waals surface area contributed by atoms with Crippen LogP contribution < -0.4 is 5.32 Å². The van der Waals surface area contributed by atoms with Crippen molar-refractivity contribution in [2.24, 2.45) is 0 Å². The van der Waals surface area contributed by atoms with Crippen LogP contribution in [0.2, 0.25) is 0 Å². The van der Waals surface area contributed by atoms with E-state index in [2.05, 4.69) is 93.5 Å². The SMILES string of the molecule is CCNC(c1ccc(Br)cc1)c1ccc(C)c(Br)c1. The molecule has 0 heterocycles. The second-order valence-electron chi connectivity index (χ2n) is 4.55. The summed E-state index contributed by atoms with van der Waals surface area (Å²) < 4.78 is 2.27. The lowest BCUT2D eigenvalue weighted by Gasteiger charge is -2.20. The van der Waals surface area contributed by atoms with Crippen LogP contribution in [0.3, 0.4) is 0 Å². The van der Waals surface area contributed by atoms with Crippen LogP contribution in [0.15, 0.2) is 51.4 Å². The summed E-state index contributed by atoms with van der Waals surface area (Å²) in [5.74, 6) is 0. The summed E-state index contributed by atoms with van der Waals surface area (Å²) in [6.45, 7) is 5.18. The summed E-state index contributed by atoms with van der Waals surface area (Å²) >= 11 is 7.10. The van der Waals surface area contributed by atoms with Gasteiger partial charge in [-0.1, -0.05) is 63.0 Å². The number of nitrogens with one attached hydrogen (secondary N) is 1. The third kappa shape index (κ3) is 3.68. The molecular formula is C16H17Br2N. The van der Waals surface area contributed by atoms with Crippen LogP contribution in [0.25, 0.3) is 0 Å². The molecule has 0 aromatic heterocycles. The number of benzene rings is 2. The zero-order valence-electron chi connectivity index (χ0n) is 11.1.